The average molecular weight is 296 g/mol. The van der Waals surface area contributed by atoms with Crippen LogP contribution in [0.4, 0.5) is 4.39 Å². The lowest BCUT2D eigenvalue weighted by atomic mass is 10.2. The Balaban J connectivity index is 3.02. The monoisotopic (exact) mass is 296 g/mol. The highest BCUT2D eigenvalue weighted by Gasteiger charge is 2.09. The minimum atomic E-state index is -0.586. The van der Waals surface area contributed by atoms with E-state index < -0.39 is 11.8 Å². The lowest BCUT2D eigenvalue weighted by molar-refractivity contribution is 0.0600. The number of hydrogen-bond donors (Lipinski definition) is 0. The van der Waals surface area contributed by atoms with Crippen LogP contribution in [-0.2, 0) is 4.74 Å². The largest absolute Gasteiger partial charge is 0.465 e. The summed E-state index contributed by atoms with van der Waals surface area (Å²) in [7, 11) is 1.24. The summed E-state index contributed by atoms with van der Waals surface area (Å²) in [4.78, 5) is 10.9. The van der Waals surface area contributed by atoms with Crippen molar-refractivity contribution in [2.24, 2.45) is 0 Å². The molecule has 0 saturated heterocycles. The summed E-state index contributed by atoms with van der Waals surface area (Å²) >= 11 is 1.56. The summed E-state index contributed by atoms with van der Waals surface area (Å²) in [6.07, 6.45) is 0. The molecule has 1 aromatic rings. The van der Waals surface area contributed by atoms with Crippen LogP contribution in [0.2, 0.25) is 0 Å². The molecular weight excluding hydrogens is 290 g/mol. The third kappa shape index (κ3) is 2.30. The predicted molar refractivity (Wildman–Crippen MR) is 52.4 cm³/mol. The van der Waals surface area contributed by atoms with E-state index in [1.807, 2.05) is 0 Å². The molecule has 3 nitrogen and oxygen atoms in total. The zero-order valence-electron chi connectivity index (χ0n) is 6.71. The standard InChI is InChI=1S/C8H6FIO3/c1-12-8(11)5-2-3-7(13-10)6(9)4-5/h2-4H,1H3. The molecule has 0 spiro atoms. The zero-order valence-corrected chi connectivity index (χ0v) is 8.87. The molecule has 0 amide bonds. The second-order valence-electron chi connectivity index (χ2n) is 2.21. The fourth-order valence-corrected chi connectivity index (χ4v) is 1.17. The van der Waals surface area contributed by atoms with Crippen molar-refractivity contribution in [1.29, 1.82) is 0 Å². The fraction of sp³-hybridized carbons (Fsp3) is 0.125. The van der Waals surface area contributed by atoms with E-state index in [1.54, 1.807) is 23.0 Å². The normalized spacial score (nSPS) is 9.46. The molecule has 0 aliphatic heterocycles. The van der Waals surface area contributed by atoms with Crippen molar-refractivity contribution in [3.8, 4) is 5.75 Å². The molecule has 0 bridgehead atoms. The second-order valence-corrected chi connectivity index (χ2v) is 2.65. The van der Waals surface area contributed by atoms with Gasteiger partial charge in [-0.15, -0.1) is 0 Å². The molecule has 0 fully saturated rings. The number of halogens is 2. The maximum absolute atomic E-state index is 13.0. The molecule has 13 heavy (non-hydrogen) atoms. The smallest absolute Gasteiger partial charge is 0.337 e. The first-order valence-corrected chi connectivity index (χ1v) is 4.23. The van der Waals surface area contributed by atoms with Crippen LogP contribution in [0, 0.1) is 5.82 Å². The molecule has 70 valence electrons. The Bertz CT molecular complexity index is 327. The van der Waals surface area contributed by atoms with E-state index in [0.717, 1.165) is 6.07 Å². The van der Waals surface area contributed by atoms with Crippen LogP contribution in [-0.4, -0.2) is 13.1 Å². The first-order valence-electron chi connectivity index (χ1n) is 3.35. The number of hydrogen-bond acceptors (Lipinski definition) is 3. The number of rotatable bonds is 2. The van der Waals surface area contributed by atoms with Gasteiger partial charge in [0.1, 0.15) is 0 Å². The Kier molecular flexibility index (Phi) is 3.47. The van der Waals surface area contributed by atoms with E-state index in [9.17, 15) is 9.18 Å². The Hall–Kier alpha value is -0.850. The fourth-order valence-electron chi connectivity index (χ4n) is 0.808. The lowest BCUT2D eigenvalue weighted by Gasteiger charge is -2.01. The highest BCUT2D eigenvalue weighted by atomic mass is 127. The molecule has 0 unspecified atom stereocenters. The van der Waals surface area contributed by atoms with E-state index in [-0.39, 0.29) is 11.3 Å². The van der Waals surface area contributed by atoms with Crippen LogP contribution < -0.4 is 3.07 Å². The number of benzene rings is 1. The molecule has 0 heterocycles. The lowest BCUT2D eigenvalue weighted by Crippen LogP contribution is -2.01. The molecule has 0 aliphatic rings. The van der Waals surface area contributed by atoms with Crippen LogP contribution in [0.5, 0.6) is 5.75 Å². The summed E-state index contributed by atoms with van der Waals surface area (Å²) in [5, 5.41) is 0. The Morgan fingerprint density at radius 3 is 2.69 bits per heavy atom. The number of esters is 1. The number of methoxy groups -OCH3 is 1. The van der Waals surface area contributed by atoms with Crippen molar-refractivity contribution in [1.82, 2.24) is 0 Å². The first kappa shape index (κ1) is 10.2. The van der Waals surface area contributed by atoms with Gasteiger partial charge in [0.2, 0.25) is 0 Å². The van der Waals surface area contributed by atoms with Crippen molar-refractivity contribution >= 4 is 29.0 Å². The van der Waals surface area contributed by atoms with E-state index in [2.05, 4.69) is 7.80 Å². The molecule has 0 radical (unpaired) electrons. The van der Waals surface area contributed by atoms with Gasteiger partial charge in [-0.3, -0.25) is 0 Å². The maximum atomic E-state index is 13.0. The Morgan fingerprint density at radius 1 is 1.54 bits per heavy atom. The second kappa shape index (κ2) is 4.40. The van der Waals surface area contributed by atoms with Crippen molar-refractivity contribution in [2.75, 3.05) is 7.11 Å². The summed E-state index contributed by atoms with van der Waals surface area (Å²) < 4.78 is 22.1. The third-order valence-electron chi connectivity index (χ3n) is 1.44. The first-order chi connectivity index (χ1) is 6.19. The van der Waals surface area contributed by atoms with E-state index in [1.165, 1.54) is 19.2 Å². The van der Waals surface area contributed by atoms with Crippen molar-refractivity contribution in [3.63, 3.8) is 0 Å². The zero-order chi connectivity index (χ0) is 9.84. The summed E-state index contributed by atoms with van der Waals surface area (Å²) in [5.74, 6) is -1.07. The van der Waals surface area contributed by atoms with Crippen LogP contribution in [0.1, 0.15) is 10.4 Å². The Morgan fingerprint density at radius 2 is 2.23 bits per heavy atom. The maximum Gasteiger partial charge on any atom is 0.337 e. The molecular formula is C8H6FIO3. The number of ether oxygens (including phenoxy) is 1. The van der Waals surface area contributed by atoms with Gasteiger partial charge in [-0.2, -0.15) is 0 Å². The van der Waals surface area contributed by atoms with Gasteiger partial charge >= 0.3 is 5.97 Å². The molecule has 1 aromatic carbocycles. The summed E-state index contributed by atoms with van der Waals surface area (Å²) in [6, 6.07) is 3.87. The van der Waals surface area contributed by atoms with Crippen LogP contribution in [0.25, 0.3) is 0 Å². The van der Waals surface area contributed by atoms with Gasteiger partial charge in [0.15, 0.2) is 34.6 Å². The van der Waals surface area contributed by atoms with Crippen LogP contribution >= 0.6 is 23.0 Å². The third-order valence-corrected chi connectivity index (χ3v) is 1.91. The van der Waals surface area contributed by atoms with Crippen molar-refractivity contribution < 1.29 is 17.0 Å². The van der Waals surface area contributed by atoms with Gasteiger partial charge < -0.3 is 7.80 Å². The topological polar surface area (TPSA) is 35.5 Å². The van der Waals surface area contributed by atoms with E-state index in [0.29, 0.717) is 0 Å². The average Bonchev–Trinajstić information content (AvgIpc) is 2.16. The van der Waals surface area contributed by atoms with Gasteiger partial charge in [0.25, 0.3) is 0 Å². The van der Waals surface area contributed by atoms with Gasteiger partial charge in [-0.25, -0.2) is 9.18 Å². The SMILES string of the molecule is COC(=O)c1ccc(OI)c(F)c1. The molecule has 0 N–H and O–H groups in total. The predicted octanol–water partition coefficient (Wildman–Crippen LogP) is 2.34. The van der Waals surface area contributed by atoms with E-state index >= 15 is 0 Å². The highest BCUT2D eigenvalue weighted by Crippen LogP contribution is 2.20. The molecule has 0 atom stereocenters. The molecule has 0 aromatic heterocycles. The van der Waals surface area contributed by atoms with Crippen LogP contribution in [0.15, 0.2) is 18.2 Å². The minimum absolute atomic E-state index is 0.0910. The van der Waals surface area contributed by atoms with Crippen molar-refractivity contribution in [3.05, 3.63) is 29.6 Å². The summed E-state index contributed by atoms with van der Waals surface area (Å²) in [5.41, 5.74) is 0.164. The molecule has 1 rings (SSSR count). The summed E-state index contributed by atoms with van der Waals surface area (Å²) in [6.45, 7) is 0. The van der Waals surface area contributed by atoms with Crippen molar-refractivity contribution in [2.45, 2.75) is 0 Å². The Labute approximate surface area is 88.5 Å². The number of carbonyl (C=O) groups is 1. The molecule has 0 saturated carbocycles. The quantitative estimate of drug-likeness (QED) is 0.621. The van der Waals surface area contributed by atoms with Gasteiger partial charge in [-0.05, 0) is 18.2 Å². The number of carbonyl (C=O) groups excluding carboxylic acids is 1. The highest BCUT2D eigenvalue weighted by molar-refractivity contribution is 14.1. The minimum Gasteiger partial charge on any atom is -0.465 e. The van der Waals surface area contributed by atoms with Gasteiger partial charge in [-0.1, -0.05) is 0 Å². The van der Waals surface area contributed by atoms with E-state index in [4.69, 9.17) is 0 Å². The van der Waals surface area contributed by atoms with Gasteiger partial charge in [0.05, 0.1) is 12.7 Å². The van der Waals surface area contributed by atoms with Gasteiger partial charge in [0, 0.05) is 0 Å². The van der Waals surface area contributed by atoms with Crippen LogP contribution in [0.3, 0.4) is 0 Å². The molecule has 5 heteroatoms. The molecule has 0 aliphatic carbocycles.